The SMILES string of the molecule is O=C(Nc1ncccn1)c1nc[nH]c1C(=O)O. The monoisotopic (exact) mass is 233 g/mol. The zero-order valence-corrected chi connectivity index (χ0v) is 8.41. The van der Waals surface area contributed by atoms with Crippen molar-refractivity contribution in [1.82, 2.24) is 19.9 Å². The lowest BCUT2D eigenvalue weighted by Crippen LogP contribution is -2.17. The number of nitrogens with one attached hydrogen (secondary N) is 2. The van der Waals surface area contributed by atoms with E-state index < -0.39 is 11.9 Å². The molecule has 0 aliphatic heterocycles. The Morgan fingerprint density at radius 3 is 2.59 bits per heavy atom. The van der Waals surface area contributed by atoms with Gasteiger partial charge in [0.1, 0.15) is 0 Å². The largest absolute Gasteiger partial charge is 0.477 e. The van der Waals surface area contributed by atoms with Crippen LogP contribution < -0.4 is 5.32 Å². The Balaban J connectivity index is 2.21. The number of carbonyl (C=O) groups is 2. The number of imidazole rings is 1. The summed E-state index contributed by atoms with van der Waals surface area (Å²) in [4.78, 5) is 36.0. The van der Waals surface area contributed by atoms with Gasteiger partial charge in [0.2, 0.25) is 5.95 Å². The molecular weight excluding hydrogens is 226 g/mol. The lowest BCUT2D eigenvalue weighted by molar-refractivity contribution is 0.0686. The highest BCUT2D eigenvalue weighted by Crippen LogP contribution is 2.05. The molecule has 0 spiro atoms. The zero-order chi connectivity index (χ0) is 12.3. The normalized spacial score (nSPS) is 9.88. The van der Waals surface area contributed by atoms with Crippen molar-refractivity contribution >= 4 is 17.8 Å². The summed E-state index contributed by atoms with van der Waals surface area (Å²) >= 11 is 0. The lowest BCUT2D eigenvalue weighted by atomic mass is 10.3. The molecule has 0 atom stereocenters. The molecule has 17 heavy (non-hydrogen) atoms. The summed E-state index contributed by atoms with van der Waals surface area (Å²) in [5, 5.41) is 11.1. The highest BCUT2D eigenvalue weighted by atomic mass is 16.4. The van der Waals surface area contributed by atoms with Crippen LogP contribution in [-0.4, -0.2) is 36.9 Å². The number of aromatic nitrogens is 4. The summed E-state index contributed by atoms with van der Waals surface area (Å²) in [5.74, 6) is -1.87. The van der Waals surface area contributed by atoms with Gasteiger partial charge < -0.3 is 10.1 Å². The third-order valence-electron chi connectivity index (χ3n) is 1.86. The molecule has 0 aliphatic carbocycles. The number of aromatic carboxylic acids is 1. The Morgan fingerprint density at radius 1 is 1.24 bits per heavy atom. The maximum absolute atomic E-state index is 11.7. The van der Waals surface area contributed by atoms with Gasteiger partial charge in [0.05, 0.1) is 6.33 Å². The first-order chi connectivity index (χ1) is 8.18. The van der Waals surface area contributed by atoms with E-state index >= 15 is 0 Å². The Morgan fingerprint density at radius 2 is 1.94 bits per heavy atom. The molecule has 3 N–H and O–H groups in total. The van der Waals surface area contributed by atoms with E-state index in [9.17, 15) is 9.59 Å². The maximum atomic E-state index is 11.7. The molecule has 86 valence electrons. The first kappa shape index (κ1) is 10.7. The molecule has 0 saturated heterocycles. The molecule has 8 heteroatoms. The van der Waals surface area contributed by atoms with Gasteiger partial charge in [-0.25, -0.2) is 19.7 Å². The van der Waals surface area contributed by atoms with Crippen LogP contribution in [0.4, 0.5) is 5.95 Å². The molecule has 0 unspecified atom stereocenters. The number of carboxylic acid groups (broad SMARTS) is 1. The fourth-order valence-corrected chi connectivity index (χ4v) is 1.15. The minimum atomic E-state index is -1.26. The molecule has 0 aliphatic rings. The van der Waals surface area contributed by atoms with Crippen molar-refractivity contribution in [2.24, 2.45) is 0 Å². The third kappa shape index (κ3) is 2.25. The van der Waals surface area contributed by atoms with E-state index in [2.05, 4.69) is 25.3 Å². The number of hydrogen-bond donors (Lipinski definition) is 3. The summed E-state index contributed by atoms with van der Waals surface area (Å²) in [6.07, 6.45) is 4.03. The minimum Gasteiger partial charge on any atom is -0.477 e. The van der Waals surface area contributed by atoms with Crippen LogP contribution in [0, 0.1) is 0 Å². The van der Waals surface area contributed by atoms with Crippen LogP contribution >= 0.6 is 0 Å². The predicted octanol–water partition coefficient (Wildman–Crippen LogP) is 0.150. The number of nitrogens with zero attached hydrogens (tertiary/aromatic N) is 3. The molecule has 0 saturated carbocycles. The molecule has 2 heterocycles. The highest BCUT2D eigenvalue weighted by molar-refractivity contribution is 6.07. The summed E-state index contributed by atoms with van der Waals surface area (Å²) in [5.41, 5.74) is -0.497. The molecule has 2 rings (SSSR count). The van der Waals surface area contributed by atoms with Crippen LogP contribution in [0.5, 0.6) is 0 Å². The van der Waals surface area contributed by atoms with E-state index in [4.69, 9.17) is 5.11 Å². The average molecular weight is 233 g/mol. The van der Waals surface area contributed by atoms with Crippen molar-refractivity contribution < 1.29 is 14.7 Å². The zero-order valence-electron chi connectivity index (χ0n) is 8.41. The van der Waals surface area contributed by atoms with Gasteiger partial charge in [0.15, 0.2) is 11.4 Å². The standard InChI is InChI=1S/C9H7N5O3/c15-7(14-9-10-2-1-3-11-9)5-6(8(16)17)13-4-12-5/h1-4H,(H,12,13)(H,16,17)(H,10,11,14,15). The van der Waals surface area contributed by atoms with Crippen molar-refractivity contribution in [1.29, 1.82) is 0 Å². The van der Waals surface area contributed by atoms with E-state index in [0.29, 0.717) is 0 Å². The van der Waals surface area contributed by atoms with Crippen LogP contribution in [0.15, 0.2) is 24.8 Å². The molecule has 0 aromatic carbocycles. The van der Waals surface area contributed by atoms with Crippen LogP contribution in [0.2, 0.25) is 0 Å². The number of aromatic amines is 1. The van der Waals surface area contributed by atoms with Gasteiger partial charge >= 0.3 is 5.97 Å². The quantitative estimate of drug-likeness (QED) is 0.693. The Hall–Kier alpha value is -2.77. The molecule has 0 fully saturated rings. The second-order valence-electron chi connectivity index (χ2n) is 2.96. The van der Waals surface area contributed by atoms with E-state index in [1.54, 1.807) is 6.07 Å². The van der Waals surface area contributed by atoms with Gasteiger partial charge in [0, 0.05) is 12.4 Å². The lowest BCUT2D eigenvalue weighted by Gasteiger charge is -2.00. The van der Waals surface area contributed by atoms with Crippen LogP contribution in [0.25, 0.3) is 0 Å². The van der Waals surface area contributed by atoms with E-state index in [1.807, 2.05) is 0 Å². The van der Waals surface area contributed by atoms with E-state index in [-0.39, 0.29) is 17.3 Å². The van der Waals surface area contributed by atoms with Crippen LogP contribution in [-0.2, 0) is 0 Å². The Bertz CT molecular complexity index is 551. The second-order valence-corrected chi connectivity index (χ2v) is 2.96. The van der Waals surface area contributed by atoms with Gasteiger partial charge in [0.25, 0.3) is 5.91 Å². The van der Waals surface area contributed by atoms with Crippen molar-refractivity contribution in [2.75, 3.05) is 5.32 Å². The summed E-state index contributed by atoms with van der Waals surface area (Å²) < 4.78 is 0. The fourth-order valence-electron chi connectivity index (χ4n) is 1.15. The average Bonchev–Trinajstić information content (AvgIpc) is 2.79. The number of carbonyl (C=O) groups excluding carboxylic acids is 1. The fraction of sp³-hybridized carbons (Fsp3) is 0. The van der Waals surface area contributed by atoms with Crippen LogP contribution in [0.1, 0.15) is 21.0 Å². The van der Waals surface area contributed by atoms with Gasteiger partial charge in [-0.05, 0) is 6.07 Å². The highest BCUT2D eigenvalue weighted by Gasteiger charge is 2.20. The van der Waals surface area contributed by atoms with Gasteiger partial charge in [-0.2, -0.15) is 0 Å². The molecule has 0 radical (unpaired) electrons. The summed E-state index contributed by atoms with van der Waals surface area (Å²) in [6, 6.07) is 1.59. The Kier molecular flexibility index (Phi) is 2.77. The second kappa shape index (κ2) is 4.39. The van der Waals surface area contributed by atoms with E-state index in [1.165, 1.54) is 12.4 Å². The molecule has 2 aromatic heterocycles. The minimum absolute atomic E-state index is 0.0804. The maximum Gasteiger partial charge on any atom is 0.354 e. The number of hydrogen-bond acceptors (Lipinski definition) is 5. The van der Waals surface area contributed by atoms with Gasteiger partial charge in [-0.3, -0.25) is 10.1 Å². The predicted molar refractivity (Wildman–Crippen MR) is 55.5 cm³/mol. The van der Waals surface area contributed by atoms with Gasteiger partial charge in [-0.15, -0.1) is 0 Å². The smallest absolute Gasteiger partial charge is 0.354 e. The third-order valence-corrected chi connectivity index (χ3v) is 1.86. The van der Waals surface area contributed by atoms with Crippen molar-refractivity contribution in [2.45, 2.75) is 0 Å². The van der Waals surface area contributed by atoms with E-state index in [0.717, 1.165) is 6.33 Å². The number of carboxylic acids is 1. The first-order valence-electron chi connectivity index (χ1n) is 4.53. The first-order valence-corrected chi connectivity index (χ1v) is 4.53. The molecule has 1 amide bonds. The molecule has 8 nitrogen and oxygen atoms in total. The number of H-pyrrole nitrogens is 1. The molecule has 0 bridgehead atoms. The van der Waals surface area contributed by atoms with Crippen molar-refractivity contribution in [3.8, 4) is 0 Å². The molecular formula is C9H7N5O3. The molecule has 2 aromatic rings. The van der Waals surface area contributed by atoms with Crippen molar-refractivity contribution in [3.63, 3.8) is 0 Å². The summed E-state index contributed by atoms with van der Waals surface area (Å²) in [7, 11) is 0. The number of amides is 1. The van der Waals surface area contributed by atoms with Crippen LogP contribution in [0.3, 0.4) is 0 Å². The van der Waals surface area contributed by atoms with Crippen molar-refractivity contribution in [3.05, 3.63) is 36.2 Å². The number of rotatable bonds is 3. The summed E-state index contributed by atoms with van der Waals surface area (Å²) in [6.45, 7) is 0. The Labute approximate surface area is 94.8 Å². The van der Waals surface area contributed by atoms with Gasteiger partial charge in [-0.1, -0.05) is 0 Å². The number of anilines is 1. The topological polar surface area (TPSA) is 121 Å².